The Morgan fingerprint density at radius 3 is 2.71 bits per heavy atom. The Morgan fingerprint density at radius 2 is 2.12 bits per heavy atom. The van der Waals surface area contributed by atoms with Gasteiger partial charge in [0.15, 0.2) is 0 Å². The number of aromatic nitrogens is 2. The van der Waals surface area contributed by atoms with E-state index in [9.17, 15) is 0 Å². The molecular formula is C13H20N4. The van der Waals surface area contributed by atoms with Crippen molar-refractivity contribution in [3.8, 4) is 0 Å². The minimum Gasteiger partial charge on any atom is -0.384 e. The molecule has 4 nitrogen and oxygen atoms in total. The summed E-state index contributed by atoms with van der Waals surface area (Å²) >= 11 is 0. The second kappa shape index (κ2) is 3.86. The van der Waals surface area contributed by atoms with Gasteiger partial charge in [0.25, 0.3) is 0 Å². The van der Waals surface area contributed by atoms with E-state index in [0.29, 0.717) is 11.7 Å². The smallest absolute Gasteiger partial charge is 0.136 e. The number of hydrogen-bond acceptors (Lipinski definition) is 4. The fourth-order valence-electron chi connectivity index (χ4n) is 2.29. The first-order chi connectivity index (χ1) is 8.13. The first-order valence-electron chi connectivity index (χ1n) is 6.49. The Morgan fingerprint density at radius 1 is 1.41 bits per heavy atom. The fourth-order valence-corrected chi connectivity index (χ4v) is 2.29. The minimum atomic E-state index is 0.561. The van der Waals surface area contributed by atoms with E-state index < -0.39 is 0 Å². The molecule has 2 aliphatic rings. The zero-order valence-corrected chi connectivity index (χ0v) is 10.6. The van der Waals surface area contributed by atoms with Crippen molar-refractivity contribution in [2.45, 2.75) is 32.1 Å². The third-order valence-corrected chi connectivity index (χ3v) is 3.87. The molecule has 1 heterocycles. The van der Waals surface area contributed by atoms with Crippen LogP contribution in [0, 0.1) is 11.8 Å². The van der Waals surface area contributed by atoms with Gasteiger partial charge in [0.05, 0.1) is 0 Å². The maximum Gasteiger partial charge on any atom is 0.136 e. The lowest BCUT2D eigenvalue weighted by molar-refractivity contribution is 0.716. The third kappa shape index (κ3) is 2.35. The molecule has 2 saturated carbocycles. The van der Waals surface area contributed by atoms with Gasteiger partial charge in [-0.1, -0.05) is 6.92 Å². The maximum atomic E-state index is 5.86. The summed E-state index contributed by atoms with van der Waals surface area (Å²) in [7, 11) is 2.10. The van der Waals surface area contributed by atoms with E-state index in [-0.39, 0.29) is 0 Å². The molecule has 2 N–H and O–H groups in total. The zero-order chi connectivity index (χ0) is 12.0. The topological polar surface area (TPSA) is 55.0 Å². The molecule has 0 amide bonds. The lowest BCUT2D eigenvalue weighted by atomic mass is 10.3. The van der Waals surface area contributed by atoms with Gasteiger partial charge < -0.3 is 10.6 Å². The van der Waals surface area contributed by atoms with Crippen LogP contribution in [0.25, 0.3) is 0 Å². The number of nitrogen functional groups attached to an aromatic ring is 1. The van der Waals surface area contributed by atoms with Gasteiger partial charge >= 0.3 is 0 Å². The lowest BCUT2D eigenvalue weighted by Gasteiger charge is -2.19. The molecule has 92 valence electrons. The van der Waals surface area contributed by atoms with E-state index in [4.69, 9.17) is 5.73 Å². The highest BCUT2D eigenvalue weighted by Crippen LogP contribution is 2.40. The molecule has 2 atom stereocenters. The third-order valence-electron chi connectivity index (χ3n) is 3.87. The van der Waals surface area contributed by atoms with Crippen molar-refractivity contribution in [2.75, 3.05) is 24.2 Å². The highest BCUT2D eigenvalue weighted by atomic mass is 15.2. The molecule has 3 rings (SSSR count). The van der Waals surface area contributed by atoms with Crippen LogP contribution in [0.15, 0.2) is 6.07 Å². The molecule has 17 heavy (non-hydrogen) atoms. The van der Waals surface area contributed by atoms with Gasteiger partial charge in [-0.2, -0.15) is 0 Å². The predicted octanol–water partition coefficient (Wildman–Crippen LogP) is 2.03. The molecule has 2 fully saturated rings. The fraction of sp³-hybridized carbons (Fsp3) is 0.692. The van der Waals surface area contributed by atoms with Gasteiger partial charge in [-0.05, 0) is 31.1 Å². The summed E-state index contributed by atoms with van der Waals surface area (Å²) in [5, 5.41) is 0. The minimum absolute atomic E-state index is 0.561. The Labute approximate surface area is 102 Å². The van der Waals surface area contributed by atoms with Crippen LogP contribution in [0.1, 0.15) is 37.9 Å². The highest BCUT2D eigenvalue weighted by Gasteiger charge is 2.34. The first-order valence-corrected chi connectivity index (χ1v) is 6.49. The number of nitrogens with two attached hydrogens (primary N) is 1. The zero-order valence-electron chi connectivity index (χ0n) is 10.6. The van der Waals surface area contributed by atoms with Crippen LogP contribution in [0.3, 0.4) is 0 Å². The SMILES string of the molecule is CC1CC1CN(C)c1cc(N)nc(C2CC2)n1. The van der Waals surface area contributed by atoms with Crippen LogP contribution in [0.4, 0.5) is 11.6 Å². The molecule has 0 spiro atoms. The van der Waals surface area contributed by atoms with Gasteiger partial charge in [0, 0.05) is 25.6 Å². The van der Waals surface area contributed by atoms with Gasteiger partial charge in [0.1, 0.15) is 17.5 Å². The molecule has 0 bridgehead atoms. The molecule has 0 aliphatic heterocycles. The average molecular weight is 232 g/mol. The summed E-state index contributed by atoms with van der Waals surface area (Å²) in [5.74, 6) is 4.80. The van der Waals surface area contributed by atoms with Crippen LogP contribution < -0.4 is 10.6 Å². The van der Waals surface area contributed by atoms with Crippen molar-refractivity contribution < 1.29 is 0 Å². The number of rotatable bonds is 4. The van der Waals surface area contributed by atoms with Gasteiger partial charge in [-0.25, -0.2) is 9.97 Å². The van der Waals surface area contributed by atoms with Crippen molar-refractivity contribution in [3.63, 3.8) is 0 Å². The van der Waals surface area contributed by atoms with Crippen molar-refractivity contribution >= 4 is 11.6 Å². The molecule has 0 saturated heterocycles. The first kappa shape index (κ1) is 10.8. The second-order valence-corrected chi connectivity index (χ2v) is 5.64. The lowest BCUT2D eigenvalue weighted by Crippen LogP contribution is -2.22. The van der Waals surface area contributed by atoms with E-state index in [1.54, 1.807) is 0 Å². The summed E-state index contributed by atoms with van der Waals surface area (Å²) in [4.78, 5) is 11.2. The van der Waals surface area contributed by atoms with Crippen LogP contribution in [0.2, 0.25) is 0 Å². The Hall–Kier alpha value is -1.32. The van der Waals surface area contributed by atoms with E-state index in [1.165, 1.54) is 19.3 Å². The standard InChI is InChI=1S/C13H20N4/c1-8-5-10(8)7-17(2)12-6-11(14)15-13(16-12)9-3-4-9/h6,8-10H,3-5,7H2,1-2H3,(H2,14,15,16). The number of hydrogen-bond donors (Lipinski definition) is 1. The van der Waals surface area contributed by atoms with E-state index in [2.05, 4.69) is 28.8 Å². The van der Waals surface area contributed by atoms with E-state index in [0.717, 1.165) is 30.0 Å². The molecule has 0 radical (unpaired) electrons. The van der Waals surface area contributed by atoms with Gasteiger partial charge in [-0.3, -0.25) is 0 Å². The number of nitrogens with zero attached hydrogens (tertiary/aromatic N) is 3. The van der Waals surface area contributed by atoms with Crippen molar-refractivity contribution in [2.24, 2.45) is 11.8 Å². The molecule has 0 aromatic carbocycles. The summed E-state index contributed by atoms with van der Waals surface area (Å²) < 4.78 is 0. The monoisotopic (exact) mass is 232 g/mol. The summed E-state index contributed by atoms with van der Waals surface area (Å²) in [6.45, 7) is 3.39. The highest BCUT2D eigenvalue weighted by molar-refractivity contribution is 5.47. The summed E-state index contributed by atoms with van der Waals surface area (Å²) in [6, 6.07) is 1.89. The van der Waals surface area contributed by atoms with Crippen molar-refractivity contribution in [1.82, 2.24) is 9.97 Å². The van der Waals surface area contributed by atoms with Crippen LogP contribution >= 0.6 is 0 Å². The summed E-state index contributed by atoms with van der Waals surface area (Å²) in [5.41, 5.74) is 5.86. The van der Waals surface area contributed by atoms with Crippen molar-refractivity contribution in [1.29, 1.82) is 0 Å². The number of anilines is 2. The quantitative estimate of drug-likeness (QED) is 0.863. The predicted molar refractivity (Wildman–Crippen MR) is 69.0 cm³/mol. The van der Waals surface area contributed by atoms with Gasteiger partial charge in [-0.15, -0.1) is 0 Å². The molecule has 2 unspecified atom stereocenters. The molecular weight excluding hydrogens is 212 g/mol. The second-order valence-electron chi connectivity index (χ2n) is 5.64. The average Bonchev–Trinajstić information content (AvgIpc) is 3.15. The van der Waals surface area contributed by atoms with Crippen molar-refractivity contribution in [3.05, 3.63) is 11.9 Å². The largest absolute Gasteiger partial charge is 0.384 e. The Bertz CT molecular complexity index is 427. The Balaban J connectivity index is 1.76. The van der Waals surface area contributed by atoms with Crippen LogP contribution in [0.5, 0.6) is 0 Å². The maximum absolute atomic E-state index is 5.86. The molecule has 4 heteroatoms. The van der Waals surface area contributed by atoms with Crippen LogP contribution in [-0.2, 0) is 0 Å². The van der Waals surface area contributed by atoms with Crippen LogP contribution in [-0.4, -0.2) is 23.6 Å². The van der Waals surface area contributed by atoms with E-state index in [1.807, 2.05) is 6.07 Å². The molecule has 1 aromatic heterocycles. The molecule has 1 aromatic rings. The molecule has 2 aliphatic carbocycles. The van der Waals surface area contributed by atoms with Gasteiger partial charge in [0.2, 0.25) is 0 Å². The Kier molecular flexibility index (Phi) is 2.45. The van der Waals surface area contributed by atoms with E-state index >= 15 is 0 Å². The normalized spacial score (nSPS) is 26.9. The summed E-state index contributed by atoms with van der Waals surface area (Å²) in [6.07, 6.45) is 3.78.